The third kappa shape index (κ3) is 6.21. The van der Waals surface area contributed by atoms with E-state index in [4.69, 9.17) is 9.47 Å². The van der Waals surface area contributed by atoms with Gasteiger partial charge in [-0.2, -0.15) is 0 Å². The average Bonchev–Trinajstić information content (AvgIpc) is 2.55. The molecule has 0 spiro atoms. The van der Waals surface area contributed by atoms with Crippen LogP contribution < -0.4 is 20.1 Å². The fraction of sp³-hybridized carbons (Fsp3) is 0.611. The summed E-state index contributed by atoms with van der Waals surface area (Å²) < 4.78 is 11.1. The lowest BCUT2D eigenvalue weighted by molar-refractivity contribution is 0.0930. The second-order valence-electron chi connectivity index (χ2n) is 6.41. The fourth-order valence-corrected chi connectivity index (χ4v) is 2.58. The molecular weight excluding hydrogens is 328 g/mol. The van der Waals surface area contributed by atoms with Crippen LogP contribution in [-0.2, 0) is 0 Å². The zero-order valence-electron chi connectivity index (χ0n) is 14.8. The first-order valence-corrected chi connectivity index (χ1v) is 8.42. The highest BCUT2D eigenvalue weighted by Gasteiger charge is 2.17. The Balaban J connectivity index is 0.00000288. The van der Waals surface area contributed by atoms with E-state index in [0.29, 0.717) is 29.6 Å². The zero-order valence-corrected chi connectivity index (χ0v) is 15.6. The number of methoxy groups -OCH3 is 1. The van der Waals surface area contributed by atoms with Crippen molar-refractivity contribution in [3.05, 3.63) is 23.8 Å². The third-order valence-electron chi connectivity index (χ3n) is 4.01. The molecule has 0 aromatic heterocycles. The molecular formula is C18H29ClN2O3. The molecule has 1 unspecified atom stereocenters. The standard InChI is InChI=1S/C18H28N2O3.ClH/c1-13(2)8-10-23-16-7-6-14(11-17(16)22-3)18(21)20-15-5-4-9-19-12-15;/h6-7,11,13,15,19H,4-5,8-10,12H2,1-3H3,(H,20,21);1H. The lowest BCUT2D eigenvalue weighted by Gasteiger charge is -2.24. The van der Waals surface area contributed by atoms with E-state index in [0.717, 1.165) is 32.4 Å². The number of halogens is 1. The monoisotopic (exact) mass is 356 g/mol. The van der Waals surface area contributed by atoms with Gasteiger partial charge in [-0.1, -0.05) is 13.8 Å². The Morgan fingerprint density at radius 2 is 2.17 bits per heavy atom. The molecule has 1 atom stereocenters. The van der Waals surface area contributed by atoms with Gasteiger partial charge in [0.15, 0.2) is 11.5 Å². The molecule has 1 saturated heterocycles. The predicted octanol–water partition coefficient (Wildman–Crippen LogP) is 3.02. The number of rotatable bonds is 7. The Labute approximate surface area is 150 Å². The van der Waals surface area contributed by atoms with Crippen LogP contribution in [0.2, 0.25) is 0 Å². The van der Waals surface area contributed by atoms with Crippen LogP contribution in [0.15, 0.2) is 18.2 Å². The molecule has 1 heterocycles. The van der Waals surface area contributed by atoms with Crippen LogP contribution in [0.4, 0.5) is 0 Å². The van der Waals surface area contributed by atoms with Crippen molar-refractivity contribution < 1.29 is 14.3 Å². The van der Waals surface area contributed by atoms with Gasteiger partial charge in [0, 0.05) is 18.2 Å². The van der Waals surface area contributed by atoms with Crippen LogP contribution in [0.3, 0.4) is 0 Å². The van der Waals surface area contributed by atoms with Crippen molar-refractivity contribution in [3.8, 4) is 11.5 Å². The van der Waals surface area contributed by atoms with Crippen molar-refractivity contribution in [2.24, 2.45) is 5.92 Å². The summed E-state index contributed by atoms with van der Waals surface area (Å²) in [7, 11) is 1.59. The van der Waals surface area contributed by atoms with E-state index in [1.165, 1.54) is 0 Å². The van der Waals surface area contributed by atoms with Crippen LogP contribution in [-0.4, -0.2) is 38.8 Å². The summed E-state index contributed by atoms with van der Waals surface area (Å²) in [5.41, 5.74) is 0.601. The third-order valence-corrected chi connectivity index (χ3v) is 4.01. The Hall–Kier alpha value is -1.46. The van der Waals surface area contributed by atoms with Crippen LogP contribution >= 0.6 is 12.4 Å². The molecule has 1 fully saturated rings. The minimum Gasteiger partial charge on any atom is -0.493 e. The van der Waals surface area contributed by atoms with E-state index in [9.17, 15) is 4.79 Å². The quantitative estimate of drug-likeness (QED) is 0.788. The Morgan fingerprint density at radius 1 is 1.38 bits per heavy atom. The van der Waals surface area contributed by atoms with E-state index in [2.05, 4.69) is 24.5 Å². The lowest BCUT2D eigenvalue weighted by Crippen LogP contribution is -2.45. The minimum atomic E-state index is -0.0641. The second-order valence-corrected chi connectivity index (χ2v) is 6.41. The SMILES string of the molecule is COc1cc(C(=O)NC2CCCNC2)ccc1OCCC(C)C.Cl. The molecule has 24 heavy (non-hydrogen) atoms. The molecule has 6 heteroatoms. The first-order chi connectivity index (χ1) is 11.1. The van der Waals surface area contributed by atoms with Crippen molar-refractivity contribution in [2.75, 3.05) is 26.8 Å². The Kier molecular flexibility index (Phi) is 8.93. The number of amides is 1. The maximum Gasteiger partial charge on any atom is 0.251 e. The molecule has 0 saturated carbocycles. The van der Waals surface area contributed by atoms with Gasteiger partial charge < -0.3 is 20.1 Å². The van der Waals surface area contributed by atoms with Crippen molar-refractivity contribution in [2.45, 2.75) is 39.2 Å². The number of ether oxygens (including phenoxy) is 2. The average molecular weight is 357 g/mol. The molecule has 1 aliphatic heterocycles. The highest BCUT2D eigenvalue weighted by molar-refractivity contribution is 5.95. The first-order valence-electron chi connectivity index (χ1n) is 8.42. The van der Waals surface area contributed by atoms with E-state index in [-0.39, 0.29) is 24.4 Å². The molecule has 2 N–H and O–H groups in total. The van der Waals surface area contributed by atoms with Crippen LogP contribution in [0.1, 0.15) is 43.5 Å². The van der Waals surface area contributed by atoms with Gasteiger partial charge in [-0.3, -0.25) is 4.79 Å². The van der Waals surface area contributed by atoms with Crippen molar-refractivity contribution >= 4 is 18.3 Å². The van der Waals surface area contributed by atoms with Crippen LogP contribution in [0.25, 0.3) is 0 Å². The van der Waals surface area contributed by atoms with Gasteiger partial charge in [0.2, 0.25) is 0 Å². The molecule has 0 bridgehead atoms. The molecule has 1 aromatic carbocycles. The summed E-state index contributed by atoms with van der Waals surface area (Å²) in [6.07, 6.45) is 3.10. The minimum absolute atomic E-state index is 0. The van der Waals surface area contributed by atoms with E-state index in [1.807, 2.05) is 6.07 Å². The molecule has 136 valence electrons. The molecule has 2 rings (SSSR count). The summed E-state index contributed by atoms with van der Waals surface area (Å²) >= 11 is 0. The molecule has 0 radical (unpaired) electrons. The molecule has 1 aliphatic rings. The molecule has 0 aliphatic carbocycles. The Morgan fingerprint density at radius 3 is 2.79 bits per heavy atom. The number of carbonyl (C=O) groups is 1. The van der Waals surface area contributed by atoms with Crippen LogP contribution in [0.5, 0.6) is 11.5 Å². The summed E-state index contributed by atoms with van der Waals surface area (Å²) in [6.45, 7) is 6.83. The Bertz CT molecular complexity index is 517. The number of hydrogen-bond acceptors (Lipinski definition) is 4. The van der Waals surface area contributed by atoms with E-state index in [1.54, 1.807) is 19.2 Å². The maximum absolute atomic E-state index is 12.4. The number of piperidine rings is 1. The first kappa shape index (κ1) is 20.6. The summed E-state index contributed by atoms with van der Waals surface area (Å²) in [6, 6.07) is 5.55. The van der Waals surface area contributed by atoms with Crippen molar-refractivity contribution in [1.29, 1.82) is 0 Å². The highest BCUT2D eigenvalue weighted by Crippen LogP contribution is 2.28. The summed E-state index contributed by atoms with van der Waals surface area (Å²) in [5.74, 6) is 1.81. The summed E-state index contributed by atoms with van der Waals surface area (Å²) in [4.78, 5) is 12.4. The second kappa shape index (κ2) is 10.4. The van der Waals surface area contributed by atoms with Gasteiger partial charge in [-0.25, -0.2) is 0 Å². The predicted molar refractivity (Wildman–Crippen MR) is 98.5 cm³/mol. The van der Waals surface area contributed by atoms with Crippen molar-refractivity contribution in [3.63, 3.8) is 0 Å². The van der Waals surface area contributed by atoms with Gasteiger partial charge in [0.25, 0.3) is 5.91 Å². The summed E-state index contributed by atoms with van der Waals surface area (Å²) in [5, 5.41) is 6.36. The maximum atomic E-state index is 12.4. The normalized spacial score (nSPS) is 17.1. The van der Waals surface area contributed by atoms with Gasteiger partial charge in [-0.05, 0) is 49.9 Å². The van der Waals surface area contributed by atoms with Crippen molar-refractivity contribution in [1.82, 2.24) is 10.6 Å². The lowest BCUT2D eigenvalue weighted by atomic mass is 10.1. The number of carbonyl (C=O) groups excluding carboxylic acids is 1. The molecule has 1 aromatic rings. The fourth-order valence-electron chi connectivity index (χ4n) is 2.58. The highest BCUT2D eigenvalue weighted by atomic mass is 35.5. The largest absolute Gasteiger partial charge is 0.493 e. The van der Waals surface area contributed by atoms with Gasteiger partial charge in [0.1, 0.15) is 0 Å². The van der Waals surface area contributed by atoms with Gasteiger partial charge in [-0.15, -0.1) is 12.4 Å². The van der Waals surface area contributed by atoms with Crippen LogP contribution in [0, 0.1) is 5.92 Å². The molecule has 1 amide bonds. The van der Waals surface area contributed by atoms with E-state index < -0.39 is 0 Å². The number of hydrogen-bond donors (Lipinski definition) is 2. The zero-order chi connectivity index (χ0) is 16.7. The smallest absolute Gasteiger partial charge is 0.251 e. The number of benzene rings is 1. The molecule has 5 nitrogen and oxygen atoms in total. The topological polar surface area (TPSA) is 59.6 Å². The van der Waals surface area contributed by atoms with Gasteiger partial charge in [0.05, 0.1) is 13.7 Å². The van der Waals surface area contributed by atoms with E-state index >= 15 is 0 Å². The number of nitrogens with one attached hydrogen (secondary N) is 2. The van der Waals surface area contributed by atoms with Gasteiger partial charge >= 0.3 is 0 Å².